The van der Waals surface area contributed by atoms with Gasteiger partial charge in [-0.2, -0.15) is 0 Å². The van der Waals surface area contributed by atoms with Crippen molar-refractivity contribution in [3.63, 3.8) is 0 Å². The van der Waals surface area contributed by atoms with Crippen molar-refractivity contribution in [1.82, 2.24) is 5.32 Å². The van der Waals surface area contributed by atoms with Gasteiger partial charge in [-0.05, 0) is 56.0 Å². The molecular weight excluding hydrogens is 248 g/mol. The first-order chi connectivity index (χ1) is 8.20. The number of halogens is 1. The molecule has 1 atom stereocenters. The molecule has 0 radical (unpaired) electrons. The smallest absolute Gasteiger partial charge is 0.241 e. The number of amides is 1. The molecule has 2 rings (SSSR count). The first kappa shape index (κ1) is 15.0. The minimum Gasteiger partial charge on any atom is -0.325 e. The molecule has 1 heterocycles. The molecule has 18 heavy (non-hydrogen) atoms. The molecule has 0 bridgehead atoms. The van der Waals surface area contributed by atoms with E-state index >= 15 is 0 Å². The fraction of sp³-hybridized carbons (Fsp3) is 0.500. The summed E-state index contributed by atoms with van der Waals surface area (Å²) >= 11 is 0. The standard InChI is InChI=1S/C14H20N2O.ClH/c1-3-11-9-12(7-6-10(11)2)16-14(17)13-5-4-8-15-13;/h6-7,9,13,15H,3-5,8H2,1-2H3,(H,16,17);1H/t13-;/m0./s1. The number of nitrogens with one attached hydrogen (secondary N) is 2. The van der Waals surface area contributed by atoms with Gasteiger partial charge in [0.05, 0.1) is 6.04 Å². The normalized spacial score (nSPS) is 18.2. The zero-order valence-electron chi connectivity index (χ0n) is 11.0. The van der Waals surface area contributed by atoms with E-state index in [1.165, 1.54) is 11.1 Å². The van der Waals surface area contributed by atoms with Gasteiger partial charge in [0.25, 0.3) is 0 Å². The fourth-order valence-electron chi connectivity index (χ4n) is 2.27. The van der Waals surface area contributed by atoms with Crippen LogP contribution in [0.3, 0.4) is 0 Å². The first-order valence-corrected chi connectivity index (χ1v) is 6.34. The van der Waals surface area contributed by atoms with Crippen molar-refractivity contribution < 1.29 is 4.79 Å². The molecule has 1 amide bonds. The van der Waals surface area contributed by atoms with Crippen LogP contribution in [0.2, 0.25) is 0 Å². The van der Waals surface area contributed by atoms with Crippen LogP contribution >= 0.6 is 12.4 Å². The van der Waals surface area contributed by atoms with Crippen LogP contribution in [-0.4, -0.2) is 18.5 Å². The maximum Gasteiger partial charge on any atom is 0.241 e. The van der Waals surface area contributed by atoms with Gasteiger partial charge >= 0.3 is 0 Å². The molecule has 0 spiro atoms. The van der Waals surface area contributed by atoms with Gasteiger partial charge in [-0.25, -0.2) is 0 Å². The van der Waals surface area contributed by atoms with Crippen molar-refractivity contribution in [1.29, 1.82) is 0 Å². The van der Waals surface area contributed by atoms with Crippen LogP contribution in [0.15, 0.2) is 18.2 Å². The van der Waals surface area contributed by atoms with Crippen LogP contribution in [-0.2, 0) is 11.2 Å². The van der Waals surface area contributed by atoms with Gasteiger partial charge < -0.3 is 10.6 Å². The molecule has 0 saturated carbocycles. The molecule has 4 heteroatoms. The minimum absolute atomic E-state index is 0. The third-order valence-electron chi connectivity index (χ3n) is 3.37. The van der Waals surface area contributed by atoms with Crippen LogP contribution in [0.25, 0.3) is 0 Å². The first-order valence-electron chi connectivity index (χ1n) is 6.34. The predicted octanol–water partition coefficient (Wildman–Crippen LogP) is 2.67. The molecule has 1 aliphatic heterocycles. The van der Waals surface area contributed by atoms with Gasteiger partial charge in [0.15, 0.2) is 0 Å². The van der Waals surface area contributed by atoms with Crippen molar-refractivity contribution in [3.05, 3.63) is 29.3 Å². The van der Waals surface area contributed by atoms with Gasteiger partial charge in [-0.3, -0.25) is 4.79 Å². The Hall–Kier alpha value is -1.06. The Labute approximate surface area is 115 Å². The van der Waals surface area contributed by atoms with Crippen molar-refractivity contribution in [3.8, 4) is 0 Å². The highest BCUT2D eigenvalue weighted by Crippen LogP contribution is 2.17. The van der Waals surface area contributed by atoms with Gasteiger partial charge in [-0.1, -0.05) is 13.0 Å². The molecule has 1 aliphatic rings. The highest BCUT2D eigenvalue weighted by molar-refractivity contribution is 5.95. The van der Waals surface area contributed by atoms with Crippen molar-refractivity contribution >= 4 is 24.0 Å². The maximum absolute atomic E-state index is 11.9. The molecule has 1 aromatic rings. The zero-order chi connectivity index (χ0) is 12.3. The zero-order valence-corrected chi connectivity index (χ0v) is 11.8. The molecular formula is C14H21ClN2O. The van der Waals surface area contributed by atoms with E-state index in [0.29, 0.717) is 0 Å². The highest BCUT2D eigenvalue weighted by atomic mass is 35.5. The van der Waals surface area contributed by atoms with E-state index in [9.17, 15) is 4.79 Å². The summed E-state index contributed by atoms with van der Waals surface area (Å²) in [7, 11) is 0. The van der Waals surface area contributed by atoms with Crippen molar-refractivity contribution in [2.24, 2.45) is 0 Å². The molecule has 1 aromatic carbocycles. The molecule has 0 unspecified atom stereocenters. The lowest BCUT2D eigenvalue weighted by atomic mass is 10.1. The summed E-state index contributed by atoms with van der Waals surface area (Å²) in [4.78, 5) is 11.9. The lowest BCUT2D eigenvalue weighted by Crippen LogP contribution is -2.35. The average molecular weight is 269 g/mol. The number of carbonyl (C=O) groups is 1. The molecule has 3 nitrogen and oxygen atoms in total. The quantitative estimate of drug-likeness (QED) is 0.885. The summed E-state index contributed by atoms with van der Waals surface area (Å²) in [6.07, 6.45) is 3.03. The summed E-state index contributed by atoms with van der Waals surface area (Å²) in [5.74, 6) is 0.0911. The lowest BCUT2D eigenvalue weighted by Gasteiger charge is -2.12. The Balaban J connectivity index is 0.00000162. The second-order valence-electron chi connectivity index (χ2n) is 4.63. The molecule has 100 valence electrons. The number of benzene rings is 1. The van der Waals surface area contributed by atoms with Gasteiger partial charge in [0.1, 0.15) is 0 Å². The fourth-order valence-corrected chi connectivity index (χ4v) is 2.27. The minimum atomic E-state index is -0.0126. The molecule has 1 fully saturated rings. The largest absolute Gasteiger partial charge is 0.325 e. The van der Waals surface area contributed by atoms with Crippen LogP contribution < -0.4 is 10.6 Å². The Kier molecular flexibility index (Phi) is 5.63. The number of rotatable bonds is 3. The van der Waals surface area contributed by atoms with E-state index in [1.54, 1.807) is 0 Å². The Morgan fingerprint density at radius 2 is 2.28 bits per heavy atom. The number of aryl methyl sites for hydroxylation is 2. The van der Waals surface area contributed by atoms with Gasteiger partial charge in [0.2, 0.25) is 5.91 Å². The van der Waals surface area contributed by atoms with E-state index in [2.05, 4.69) is 36.6 Å². The number of anilines is 1. The summed E-state index contributed by atoms with van der Waals surface area (Å²) in [6.45, 7) is 5.18. The Bertz CT molecular complexity index is 414. The van der Waals surface area contributed by atoms with E-state index in [1.807, 2.05) is 6.07 Å². The number of carbonyl (C=O) groups excluding carboxylic acids is 1. The Morgan fingerprint density at radius 1 is 1.50 bits per heavy atom. The topological polar surface area (TPSA) is 41.1 Å². The highest BCUT2D eigenvalue weighted by Gasteiger charge is 2.21. The van der Waals surface area contributed by atoms with Crippen LogP contribution in [0, 0.1) is 6.92 Å². The second kappa shape index (κ2) is 6.76. The Morgan fingerprint density at radius 3 is 2.89 bits per heavy atom. The van der Waals surface area contributed by atoms with Crippen LogP contribution in [0.4, 0.5) is 5.69 Å². The van der Waals surface area contributed by atoms with Gasteiger partial charge in [-0.15, -0.1) is 12.4 Å². The monoisotopic (exact) mass is 268 g/mol. The lowest BCUT2D eigenvalue weighted by molar-refractivity contribution is -0.117. The van der Waals surface area contributed by atoms with E-state index in [0.717, 1.165) is 31.5 Å². The third-order valence-corrected chi connectivity index (χ3v) is 3.37. The summed E-state index contributed by atoms with van der Waals surface area (Å²) in [6, 6.07) is 6.10. The summed E-state index contributed by atoms with van der Waals surface area (Å²) in [5.41, 5.74) is 3.48. The van der Waals surface area contributed by atoms with Crippen LogP contribution in [0.1, 0.15) is 30.9 Å². The van der Waals surface area contributed by atoms with E-state index in [4.69, 9.17) is 0 Å². The number of hydrogen-bond donors (Lipinski definition) is 2. The average Bonchev–Trinajstić information content (AvgIpc) is 2.85. The second-order valence-corrected chi connectivity index (χ2v) is 4.63. The van der Waals surface area contributed by atoms with Crippen molar-refractivity contribution in [2.45, 2.75) is 39.2 Å². The molecule has 1 saturated heterocycles. The molecule has 2 N–H and O–H groups in total. The van der Waals surface area contributed by atoms with E-state index < -0.39 is 0 Å². The maximum atomic E-state index is 11.9. The summed E-state index contributed by atoms with van der Waals surface area (Å²) < 4.78 is 0. The van der Waals surface area contributed by atoms with Crippen LogP contribution in [0.5, 0.6) is 0 Å². The molecule has 0 aromatic heterocycles. The van der Waals surface area contributed by atoms with Crippen molar-refractivity contribution in [2.75, 3.05) is 11.9 Å². The van der Waals surface area contributed by atoms with Gasteiger partial charge in [0, 0.05) is 5.69 Å². The van der Waals surface area contributed by atoms with E-state index in [-0.39, 0.29) is 24.4 Å². The summed E-state index contributed by atoms with van der Waals surface area (Å²) in [5, 5.41) is 6.19. The third kappa shape index (κ3) is 3.47. The number of hydrogen-bond acceptors (Lipinski definition) is 2. The SMILES string of the molecule is CCc1cc(NC(=O)[C@@H]2CCCN2)ccc1C.Cl. The molecule has 0 aliphatic carbocycles. The predicted molar refractivity (Wildman–Crippen MR) is 77.5 cm³/mol.